The molecule has 51 heavy (non-hydrogen) atoms. The molecule has 2 aliphatic rings. The summed E-state index contributed by atoms with van der Waals surface area (Å²) in [5.74, 6) is -0.474. The van der Waals surface area contributed by atoms with Gasteiger partial charge in [0.15, 0.2) is 6.29 Å². The topological polar surface area (TPSA) is 113 Å². The van der Waals surface area contributed by atoms with Crippen LogP contribution < -0.4 is 10.6 Å². The lowest BCUT2D eigenvalue weighted by Crippen LogP contribution is -2.51. The number of aliphatic hydroxyl groups is 1. The number of anilines is 1. The van der Waals surface area contributed by atoms with Gasteiger partial charge in [-0.3, -0.25) is 9.80 Å². The van der Waals surface area contributed by atoms with Crippen LogP contribution in [0.15, 0.2) is 109 Å². The van der Waals surface area contributed by atoms with Crippen LogP contribution in [0.3, 0.4) is 0 Å². The zero-order valence-corrected chi connectivity index (χ0v) is 29.3. The second-order valence-corrected chi connectivity index (χ2v) is 13.4. The molecular formula is C41H48N4O6. The maximum atomic E-state index is 13.1. The van der Waals surface area contributed by atoms with Gasteiger partial charge in [-0.1, -0.05) is 104 Å². The maximum absolute atomic E-state index is 13.1. The van der Waals surface area contributed by atoms with Crippen LogP contribution in [-0.4, -0.2) is 78.9 Å². The number of carbonyl (C=O) groups is 2. The fraction of sp³-hybridized carbons (Fsp3) is 0.366. The highest BCUT2D eigenvalue weighted by Crippen LogP contribution is 2.42. The Bertz CT molecular complexity index is 1700. The number of methoxy groups -OCH3 is 1. The molecule has 0 bridgehead atoms. The highest BCUT2D eigenvalue weighted by Gasteiger charge is 2.39. The number of urea groups is 1. The predicted octanol–water partition coefficient (Wildman–Crippen LogP) is 5.69. The molecule has 0 aliphatic carbocycles. The van der Waals surface area contributed by atoms with Gasteiger partial charge < -0.3 is 30.0 Å². The van der Waals surface area contributed by atoms with E-state index in [1.54, 1.807) is 6.07 Å². The second-order valence-electron chi connectivity index (χ2n) is 13.4. The Morgan fingerprint density at radius 1 is 0.804 bits per heavy atom. The molecule has 2 saturated heterocycles. The highest BCUT2D eigenvalue weighted by atomic mass is 16.7. The van der Waals surface area contributed by atoms with E-state index >= 15 is 0 Å². The quantitative estimate of drug-likeness (QED) is 0.162. The molecule has 0 radical (unpaired) electrons. The van der Waals surface area contributed by atoms with E-state index in [0.717, 1.165) is 61.5 Å². The van der Waals surface area contributed by atoms with Crippen LogP contribution in [0.1, 0.15) is 47.1 Å². The van der Waals surface area contributed by atoms with Crippen molar-refractivity contribution in [2.75, 3.05) is 45.2 Å². The van der Waals surface area contributed by atoms with Crippen molar-refractivity contribution in [2.45, 2.75) is 51.0 Å². The van der Waals surface area contributed by atoms with Gasteiger partial charge >= 0.3 is 12.0 Å². The number of aliphatic hydroxyl groups excluding tert-OH is 1. The molecule has 0 unspecified atom stereocenters. The molecule has 3 N–H and O–H groups in total. The van der Waals surface area contributed by atoms with E-state index in [0.29, 0.717) is 12.1 Å². The van der Waals surface area contributed by atoms with E-state index in [-0.39, 0.29) is 24.7 Å². The monoisotopic (exact) mass is 692 g/mol. The van der Waals surface area contributed by atoms with Crippen LogP contribution in [0.4, 0.5) is 10.5 Å². The summed E-state index contributed by atoms with van der Waals surface area (Å²) in [5, 5.41) is 15.3. The second kappa shape index (κ2) is 17.6. The van der Waals surface area contributed by atoms with Gasteiger partial charge in [-0.25, -0.2) is 9.59 Å². The van der Waals surface area contributed by atoms with Crippen LogP contribution in [0.25, 0.3) is 0 Å². The molecule has 2 amide bonds. The van der Waals surface area contributed by atoms with E-state index in [9.17, 15) is 14.7 Å². The molecule has 5 atom stereocenters. The lowest BCUT2D eigenvalue weighted by molar-refractivity contribution is -0.276. The van der Waals surface area contributed by atoms with Crippen LogP contribution >= 0.6 is 0 Å². The molecule has 4 aromatic carbocycles. The number of nitrogens with zero attached hydrogens (tertiary/aromatic N) is 2. The zero-order chi connectivity index (χ0) is 35.6. The lowest BCUT2D eigenvalue weighted by atomic mass is 9.90. The molecule has 0 saturated carbocycles. The Balaban J connectivity index is 1.14. The molecule has 10 heteroatoms. The van der Waals surface area contributed by atoms with Gasteiger partial charge in [0, 0.05) is 62.9 Å². The van der Waals surface area contributed by atoms with Gasteiger partial charge in [-0.2, -0.15) is 0 Å². The summed E-state index contributed by atoms with van der Waals surface area (Å²) in [6, 6.07) is 34.0. The van der Waals surface area contributed by atoms with Crippen molar-refractivity contribution in [1.82, 2.24) is 15.1 Å². The van der Waals surface area contributed by atoms with Gasteiger partial charge in [-0.05, 0) is 34.4 Å². The number of hydrogen-bond acceptors (Lipinski definition) is 8. The number of piperazine rings is 1. The molecule has 2 heterocycles. The van der Waals surface area contributed by atoms with Crippen molar-refractivity contribution in [1.29, 1.82) is 0 Å². The first-order valence-electron chi connectivity index (χ1n) is 17.7. The summed E-state index contributed by atoms with van der Waals surface area (Å²) in [6.07, 6.45) is -0.753. The lowest BCUT2D eigenvalue weighted by Gasteiger charge is -2.44. The van der Waals surface area contributed by atoms with E-state index in [2.05, 4.69) is 57.7 Å². The summed E-state index contributed by atoms with van der Waals surface area (Å²) in [4.78, 5) is 30.6. The number of ether oxygens (including phenoxy) is 3. The highest BCUT2D eigenvalue weighted by molar-refractivity contribution is 5.92. The van der Waals surface area contributed by atoms with Gasteiger partial charge in [0.1, 0.15) is 6.04 Å². The number of amides is 2. The number of carbonyl (C=O) groups excluding carboxylic acids is 2. The van der Waals surface area contributed by atoms with Crippen LogP contribution in [-0.2, 0) is 38.6 Å². The van der Waals surface area contributed by atoms with E-state index in [4.69, 9.17) is 14.2 Å². The van der Waals surface area contributed by atoms with Crippen molar-refractivity contribution in [3.63, 3.8) is 0 Å². The predicted molar refractivity (Wildman–Crippen MR) is 196 cm³/mol. The molecule has 2 fully saturated rings. The number of hydrogen-bond donors (Lipinski definition) is 3. The van der Waals surface area contributed by atoms with Crippen molar-refractivity contribution in [3.8, 4) is 0 Å². The molecule has 2 aliphatic heterocycles. The number of rotatable bonds is 12. The first-order valence-corrected chi connectivity index (χ1v) is 17.7. The zero-order valence-electron chi connectivity index (χ0n) is 29.3. The first kappa shape index (κ1) is 36.2. The Labute approximate surface area is 300 Å². The largest absolute Gasteiger partial charge is 0.467 e. The van der Waals surface area contributed by atoms with Crippen molar-refractivity contribution < 1.29 is 28.9 Å². The van der Waals surface area contributed by atoms with E-state index < -0.39 is 24.3 Å². The third kappa shape index (κ3) is 9.81. The first-order chi connectivity index (χ1) is 24.9. The van der Waals surface area contributed by atoms with Gasteiger partial charge in [-0.15, -0.1) is 0 Å². The molecule has 0 aromatic heterocycles. The molecular weight excluding hydrogens is 644 g/mol. The molecule has 4 aromatic rings. The van der Waals surface area contributed by atoms with Crippen LogP contribution in [0, 0.1) is 5.92 Å². The summed E-state index contributed by atoms with van der Waals surface area (Å²) < 4.78 is 18.4. The normalized spacial score (nSPS) is 21.8. The fourth-order valence-corrected chi connectivity index (χ4v) is 6.83. The number of benzene rings is 4. The molecule has 268 valence electrons. The van der Waals surface area contributed by atoms with Crippen LogP contribution in [0.5, 0.6) is 0 Å². The van der Waals surface area contributed by atoms with Crippen molar-refractivity contribution in [2.24, 2.45) is 5.92 Å². The summed E-state index contributed by atoms with van der Waals surface area (Å²) >= 11 is 0. The summed E-state index contributed by atoms with van der Waals surface area (Å²) in [7, 11) is 1.31. The van der Waals surface area contributed by atoms with Crippen molar-refractivity contribution >= 4 is 17.7 Å². The Kier molecular flexibility index (Phi) is 12.5. The summed E-state index contributed by atoms with van der Waals surface area (Å²) in [6.45, 7) is 7.74. The Morgan fingerprint density at radius 2 is 1.47 bits per heavy atom. The minimum Gasteiger partial charge on any atom is -0.467 e. The van der Waals surface area contributed by atoms with E-state index in [1.165, 1.54) is 12.7 Å². The van der Waals surface area contributed by atoms with E-state index in [1.807, 2.05) is 72.8 Å². The van der Waals surface area contributed by atoms with Gasteiger partial charge in [0.2, 0.25) is 0 Å². The molecule has 0 spiro atoms. The smallest absolute Gasteiger partial charge is 0.328 e. The third-order valence-corrected chi connectivity index (χ3v) is 9.77. The standard InChI is InChI=1S/C41H48N4O6/c1-29-37(27-45-22-20-44(21-23-45)26-31-12-7-4-8-13-31)50-40(51-38(29)33-18-16-32(28-46)17-19-33)34-14-9-15-35(25-34)42-41(48)43-36(39(47)49-2)24-30-10-5-3-6-11-30/h3-19,25,29,36-38,40,46H,20-24,26-28H2,1-2H3,(H2,42,43,48)/t29-,36+,37+,38+,40+/m1/s1. The Morgan fingerprint density at radius 3 is 2.14 bits per heavy atom. The van der Waals surface area contributed by atoms with Gasteiger partial charge in [0.05, 0.1) is 25.9 Å². The van der Waals surface area contributed by atoms with Gasteiger partial charge in [0.25, 0.3) is 0 Å². The number of nitrogens with one attached hydrogen (secondary N) is 2. The Hall–Kier alpha value is -4.58. The SMILES string of the molecule is COC(=O)[C@H](Cc1ccccc1)NC(=O)Nc1cccc([C@H]2O[C@@H](CN3CCN(Cc4ccccc4)CC3)[C@@H](C)[C@@H](c3ccc(CO)cc3)O2)c1. The maximum Gasteiger partial charge on any atom is 0.328 e. The minimum atomic E-state index is -0.856. The average Bonchev–Trinajstić information content (AvgIpc) is 3.17. The minimum absolute atomic E-state index is 0.0219. The number of esters is 1. The molecule has 10 nitrogen and oxygen atoms in total. The summed E-state index contributed by atoms with van der Waals surface area (Å²) in [5.41, 5.74) is 5.40. The average molecular weight is 693 g/mol. The third-order valence-electron chi connectivity index (χ3n) is 9.77. The van der Waals surface area contributed by atoms with Crippen LogP contribution in [0.2, 0.25) is 0 Å². The van der Waals surface area contributed by atoms with Crippen molar-refractivity contribution in [3.05, 3.63) is 137 Å². The molecule has 6 rings (SSSR count). The fourth-order valence-electron chi connectivity index (χ4n) is 6.83.